The topological polar surface area (TPSA) is 79.0 Å². The van der Waals surface area contributed by atoms with E-state index in [1.165, 1.54) is 0 Å². The Labute approximate surface area is 147 Å². The minimum atomic E-state index is -3.46. The quantitative estimate of drug-likeness (QED) is 0.782. The molecule has 25 heavy (non-hydrogen) atoms. The van der Waals surface area contributed by atoms with Crippen LogP contribution >= 0.6 is 0 Å². The van der Waals surface area contributed by atoms with Crippen LogP contribution in [0.25, 0.3) is 22.6 Å². The van der Waals surface area contributed by atoms with Gasteiger partial charge in [0.1, 0.15) is 5.69 Å². The molecule has 0 aliphatic carbocycles. The molecule has 1 aliphatic heterocycles. The number of fused-ring (bicyclic) bond motifs is 1. The van der Waals surface area contributed by atoms with Gasteiger partial charge in [-0.15, -0.1) is 0 Å². The van der Waals surface area contributed by atoms with Gasteiger partial charge >= 0.3 is 0 Å². The second kappa shape index (κ2) is 6.24. The summed E-state index contributed by atoms with van der Waals surface area (Å²) in [6, 6.07) is 10.7. The van der Waals surface area contributed by atoms with Crippen LogP contribution < -0.4 is 0 Å². The maximum atomic E-state index is 12.9. The van der Waals surface area contributed by atoms with Crippen LogP contribution in [-0.2, 0) is 10.0 Å². The highest BCUT2D eigenvalue weighted by Crippen LogP contribution is 2.26. The number of rotatable bonds is 3. The highest BCUT2D eigenvalue weighted by Gasteiger charge is 2.28. The number of benzene rings is 1. The SMILES string of the molecule is CC1CCN(S(=O)(=O)c2ccc3nc(-c4ccccn4)[nH]c3c2)CC1. The summed E-state index contributed by atoms with van der Waals surface area (Å²) < 4.78 is 27.4. The standard InChI is InChI=1S/C18H20N4O2S/c1-13-7-10-22(11-8-13)25(23,24)14-5-6-15-17(12-14)21-18(20-15)16-4-2-3-9-19-16/h2-6,9,12-13H,7-8,10-11H2,1H3,(H,20,21). The van der Waals surface area contributed by atoms with Crippen molar-refractivity contribution < 1.29 is 8.42 Å². The molecule has 1 saturated heterocycles. The van der Waals surface area contributed by atoms with Crippen molar-refractivity contribution in [3.63, 3.8) is 0 Å². The summed E-state index contributed by atoms with van der Waals surface area (Å²) >= 11 is 0. The Hall–Kier alpha value is -2.25. The largest absolute Gasteiger partial charge is 0.337 e. The van der Waals surface area contributed by atoms with Crippen molar-refractivity contribution in [3.05, 3.63) is 42.6 Å². The Morgan fingerprint density at radius 1 is 1.16 bits per heavy atom. The predicted octanol–water partition coefficient (Wildman–Crippen LogP) is 3.05. The number of imidazole rings is 1. The van der Waals surface area contributed by atoms with Crippen LogP contribution in [0.1, 0.15) is 19.8 Å². The average molecular weight is 356 g/mol. The molecule has 0 saturated carbocycles. The molecule has 0 bridgehead atoms. The third-order valence-corrected chi connectivity index (χ3v) is 6.64. The summed E-state index contributed by atoms with van der Waals surface area (Å²) in [6.07, 6.45) is 3.53. The van der Waals surface area contributed by atoms with E-state index in [0.717, 1.165) is 24.1 Å². The molecular weight excluding hydrogens is 336 g/mol. The first-order chi connectivity index (χ1) is 12.0. The minimum Gasteiger partial charge on any atom is -0.337 e. The smallest absolute Gasteiger partial charge is 0.243 e. The fourth-order valence-electron chi connectivity index (χ4n) is 3.15. The van der Waals surface area contributed by atoms with Gasteiger partial charge in [-0.2, -0.15) is 4.31 Å². The predicted molar refractivity (Wildman–Crippen MR) is 96.5 cm³/mol. The Morgan fingerprint density at radius 2 is 1.96 bits per heavy atom. The molecule has 1 aliphatic rings. The number of aromatic amines is 1. The van der Waals surface area contributed by atoms with Crippen LogP contribution in [-0.4, -0.2) is 40.8 Å². The van der Waals surface area contributed by atoms with Crippen LogP contribution in [0.4, 0.5) is 0 Å². The van der Waals surface area contributed by atoms with E-state index in [1.54, 1.807) is 28.7 Å². The molecule has 3 aromatic rings. The number of nitrogens with one attached hydrogen (secondary N) is 1. The van der Waals surface area contributed by atoms with E-state index >= 15 is 0 Å². The first-order valence-electron chi connectivity index (χ1n) is 8.45. The Balaban J connectivity index is 1.69. The normalized spacial score (nSPS) is 17.2. The zero-order chi connectivity index (χ0) is 17.4. The Kier molecular flexibility index (Phi) is 4.05. The molecule has 2 aromatic heterocycles. The minimum absolute atomic E-state index is 0.311. The number of H-pyrrole nitrogens is 1. The van der Waals surface area contributed by atoms with Crippen molar-refractivity contribution in [2.45, 2.75) is 24.7 Å². The molecule has 130 valence electrons. The number of nitrogens with zero attached hydrogens (tertiary/aromatic N) is 3. The van der Waals surface area contributed by atoms with Crippen molar-refractivity contribution in [1.29, 1.82) is 0 Å². The van der Waals surface area contributed by atoms with Crippen LogP contribution in [0.5, 0.6) is 0 Å². The zero-order valence-corrected chi connectivity index (χ0v) is 14.8. The number of piperidine rings is 1. The summed E-state index contributed by atoms with van der Waals surface area (Å²) in [6.45, 7) is 3.34. The summed E-state index contributed by atoms with van der Waals surface area (Å²) in [7, 11) is -3.46. The number of hydrogen-bond donors (Lipinski definition) is 1. The van der Waals surface area contributed by atoms with Gasteiger partial charge < -0.3 is 4.98 Å². The van der Waals surface area contributed by atoms with E-state index in [2.05, 4.69) is 21.9 Å². The summed E-state index contributed by atoms with van der Waals surface area (Å²) in [5.74, 6) is 1.22. The fraction of sp³-hybridized carbons (Fsp3) is 0.333. The van der Waals surface area contributed by atoms with Crippen molar-refractivity contribution >= 4 is 21.1 Å². The van der Waals surface area contributed by atoms with E-state index in [1.807, 2.05) is 18.2 Å². The van der Waals surface area contributed by atoms with Crippen LogP contribution in [0.15, 0.2) is 47.5 Å². The van der Waals surface area contributed by atoms with E-state index in [-0.39, 0.29) is 0 Å². The molecule has 0 atom stereocenters. The molecule has 0 unspecified atom stereocenters. The van der Waals surface area contributed by atoms with Crippen molar-refractivity contribution in [2.24, 2.45) is 5.92 Å². The number of pyridine rings is 1. The first kappa shape index (κ1) is 16.2. The van der Waals surface area contributed by atoms with Crippen molar-refractivity contribution in [2.75, 3.05) is 13.1 Å². The first-order valence-corrected chi connectivity index (χ1v) is 9.89. The summed E-state index contributed by atoms with van der Waals surface area (Å²) in [4.78, 5) is 12.3. The molecule has 1 N–H and O–H groups in total. The number of aromatic nitrogens is 3. The summed E-state index contributed by atoms with van der Waals surface area (Å²) in [5.41, 5.74) is 2.16. The van der Waals surface area contributed by atoms with Gasteiger partial charge in [0.15, 0.2) is 5.82 Å². The lowest BCUT2D eigenvalue weighted by Gasteiger charge is -2.29. The molecule has 1 fully saturated rings. The van der Waals surface area contributed by atoms with Gasteiger partial charge in [0.05, 0.1) is 15.9 Å². The van der Waals surface area contributed by atoms with Gasteiger partial charge in [-0.1, -0.05) is 13.0 Å². The lowest BCUT2D eigenvalue weighted by Crippen LogP contribution is -2.37. The number of sulfonamides is 1. The highest BCUT2D eigenvalue weighted by atomic mass is 32.2. The lowest BCUT2D eigenvalue weighted by atomic mass is 10.0. The van der Waals surface area contributed by atoms with Gasteiger partial charge in [-0.25, -0.2) is 13.4 Å². The number of hydrogen-bond acceptors (Lipinski definition) is 4. The van der Waals surface area contributed by atoms with Crippen LogP contribution in [0, 0.1) is 5.92 Å². The molecular formula is C18H20N4O2S. The molecule has 0 spiro atoms. The maximum Gasteiger partial charge on any atom is 0.243 e. The van der Waals surface area contributed by atoms with Gasteiger partial charge in [-0.05, 0) is 49.1 Å². The third-order valence-electron chi connectivity index (χ3n) is 4.74. The monoisotopic (exact) mass is 356 g/mol. The molecule has 0 amide bonds. The molecule has 7 heteroatoms. The molecule has 6 nitrogen and oxygen atoms in total. The highest BCUT2D eigenvalue weighted by molar-refractivity contribution is 7.89. The molecule has 4 rings (SSSR count). The maximum absolute atomic E-state index is 12.9. The third kappa shape index (κ3) is 3.05. The van der Waals surface area contributed by atoms with Crippen molar-refractivity contribution in [3.8, 4) is 11.5 Å². The van der Waals surface area contributed by atoms with Crippen LogP contribution in [0.2, 0.25) is 0 Å². The Bertz CT molecular complexity index is 990. The van der Waals surface area contributed by atoms with Gasteiger partial charge in [-0.3, -0.25) is 4.98 Å². The zero-order valence-electron chi connectivity index (χ0n) is 14.0. The second-order valence-corrected chi connectivity index (χ2v) is 8.50. The van der Waals surface area contributed by atoms with Gasteiger partial charge in [0.25, 0.3) is 0 Å². The van der Waals surface area contributed by atoms with Crippen LogP contribution in [0.3, 0.4) is 0 Å². The van der Waals surface area contributed by atoms with E-state index in [9.17, 15) is 8.42 Å². The molecule has 0 radical (unpaired) electrons. The van der Waals surface area contributed by atoms with Gasteiger partial charge in [0, 0.05) is 19.3 Å². The molecule has 3 heterocycles. The Morgan fingerprint density at radius 3 is 2.68 bits per heavy atom. The van der Waals surface area contributed by atoms with E-state index < -0.39 is 10.0 Å². The molecule has 1 aromatic carbocycles. The van der Waals surface area contributed by atoms with Gasteiger partial charge in [0.2, 0.25) is 10.0 Å². The fourth-order valence-corrected chi connectivity index (χ4v) is 4.64. The van der Waals surface area contributed by atoms with E-state index in [0.29, 0.717) is 35.2 Å². The average Bonchev–Trinajstić information content (AvgIpc) is 3.06. The summed E-state index contributed by atoms with van der Waals surface area (Å²) in [5, 5.41) is 0. The lowest BCUT2D eigenvalue weighted by molar-refractivity contribution is 0.288. The second-order valence-electron chi connectivity index (χ2n) is 6.57. The van der Waals surface area contributed by atoms with E-state index in [4.69, 9.17) is 0 Å². The van der Waals surface area contributed by atoms with Crippen molar-refractivity contribution in [1.82, 2.24) is 19.3 Å².